The average molecular weight is 957 g/mol. The van der Waals surface area contributed by atoms with Gasteiger partial charge in [0, 0.05) is 44.3 Å². The Bertz CT molecular complexity index is 4150. The van der Waals surface area contributed by atoms with Gasteiger partial charge in [0.05, 0.1) is 11.0 Å². The number of fused-ring (bicyclic) bond motifs is 6. The summed E-state index contributed by atoms with van der Waals surface area (Å²) >= 11 is 0. The zero-order valence-electron chi connectivity index (χ0n) is 41.0. The van der Waals surface area contributed by atoms with Gasteiger partial charge in [0.2, 0.25) is 0 Å². The van der Waals surface area contributed by atoms with Gasteiger partial charge in [0.25, 0.3) is 0 Å². The molecule has 3 nitrogen and oxygen atoms in total. The first-order chi connectivity index (χ1) is 37.1. The molecule has 0 aliphatic heterocycles. The molecule has 12 aromatic carbocycles. The molecule has 2 heterocycles. The summed E-state index contributed by atoms with van der Waals surface area (Å²) in [5, 5.41) is 4.73. The largest absolute Gasteiger partial charge is 0.456 e. The second kappa shape index (κ2) is 18.6. The average Bonchev–Trinajstić information content (AvgIpc) is 4.05. The monoisotopic (exact) mass is 956 g/mol. The van der Waals surface area contributed by atoms with Crippen molar-refractivity contribution in [1.82, 2.24) is 4.57 Å². The topological polar surface area (TPSA) is 21.3 Å². The van der Waals surface area contributed by atoms with Gasteiger partial charge in [-0.05, 0) is 152 Å². The minimum atomic E-state index is 0.876. The number of anilines is 3. The standard InChI is InChI=1S/C72H48N2O/c1-3-11-49(12-4-1)51-19-23-53(24-20-51)55-27-37-61(38-28-55)73(62-39-29-56(30-40-62)54-25-21-52(22-26-54)50-13-5-2-6-14-50)63-41-31-57(32-42-63)59-35-45-71-67(47-59)68-48-60(36-46-72(68)75-71)58-33-43-64(44-34-58)74-69-17-9-7-15-65(69)66-16-8-10-18-70(66)74/h1-48H. The Kier molecular flexibility index (Phi) is 10.8. The van der Waals surface area contributed by atoms with Gasteiger partial charge in [-0.1, -0.05) is 206 Å². The van der Waals surface area contributed by atoms with E-state index in [0.717, 1.165) is 66.9 Å². The van der Waals surface area contributed by atoms with E-state index in [1.807, 2.05) is 0 Å². The van der Waals surface area contributed by atoms with Crippen molar-refractivity contribution >= 4 is 60.8 Å². The van der Waals surface area contributed by atoms with Gasteiger partial charge >= 0.3 is 0 Å². The molecule has 0 N–H and O–H groups in total. The van der Waals surface area contributed by atoms with Crippen molar-refractivity contribution in [2.24, 2.45) is 0 Å². The number of hydrogen-bond donors (Lipinski definition) is 0. The van der Waals surface area contributed by atoms with E-state index in [1.54, 1.807) is 0 Å². The van der Waals surface area contributed by atoms with E-state index in [4.69, 9.17) is 4.42 Å². The number of furan rings is 1. The highest BCUT2D eigenvalue weighted by atomic mass is 16.3. The predicted molar refractivity (Wildman–Crippen MR) is 315 cm³/mol. The number of rotatable bonds is 10. The maximum Gasteiger partial charge on any atom is 0.135 e. The van der Waals surface area contributed by atoms with Gasteiger partial charge in [0.15, 0.2) is 0 Å². The van der Waals surface area contributed by atoms with E-state index >= 15 is 0 Å². The molecule has 352 valence electrons. The first-order valence-electron chi connectivity index (χ1n) is 25.6. The van der Waals surface area contributed by atoms with Crippen LogP contribution in [0.4, 0.5) is 17.1 Å². The first kappa shape index (κ1) is 43.8. The molecular formula is C72H48N2O. The fourth-order valence-electron chi connectivity index (χ4n) is 11.0. The second-order valence-electron chi connectivity index (χ2n) is 19.3. The molecule has 0 saturated heterocycles. The third-order valence-electron chi connectivity index (χ3n) is 14.9. The third kappa shape index (κ3) is 8.14. The van der Waals surface area contributed by atoms with E-state index < -0.39 is 0 Å². The molecule has 0 fully saturated rings. The van der Waals surface area contributed by atoms with Crippen LogP contribution in [0.2, 0.25) is 0 Å². The zero-order chi connectivity index (χ0) is 49.7. The van der Waals surface area contributed by atoms with Crippen LogP contribution in [0.3, 0.4) is 0 Å². The highest BCUT2D eigenvalue weighted by Crippen LogP contribution is 2.41. The van der Waals surface area contributed by atoms with E-state index in [1.165, 1.54) is 66.3 Å². The molecule has 0 atom stereocenters. The number of hydrogen-bond acceptors (Lipinski definition) is 2. The summed E-state index contributed by atoms with van der Waals surface area (Å²) in [4.78, 5) is 2.35. The predicted octanol–water partition coefficient (Wildman–Crippen LogP) is 20.2. The summed E-state index contributed by atoms with van der Waals surface area (Å²) in [7, 11) is 0. The number of para-hydroxylation sites is 2. The summed E-state index contributed by atoms with van der Waals surface area (Å²) < 4.78 is 8.81. The van der Waals surface area contributed by atoms with Gasteiger partial charge in [0.1, 0.15) is 11.2 Å². The lowest BCUT2D eigenvalue weighted by atomic mass is 9.99. The Morgan fingerprint density at radius 2 is 0.507 bits per heavy atom. The molecule has 0 amide bonds. The van der Waals surface area contributed by atoms with Crippen LogP contribution in [0, 0.1) is 0 Å². The number of nitrogens with zero attached hydrogens (tertiary/aromatic N) is 2. The zero-order valence-corrected chi connectivity index (χ0v) is 41.0. The molecule has 0 radical (unpaired) electrons. The number of benzene rings is 12. The van der Waals surface area contributed by atoms with E-state index in [0.29, 0.717) is 0 Å². The van der Waals surface area contributed by atoms with Crippen LogP contribution in [0.25, 0.3) is 116 Å². The molecule has 14 rings (SSSR count). The van der Waals surface area contributed by atoms with Crippen LogP contribution in [-0.4, -0.2) is 4.57 Å². The van der Waals surface area contributed by atoms with Crippen molar-refractivity contribution in [1.29, 1.82) is 0 Å². The Labute approximate surface area is 436 Å². The highest BCUT2D eigenvalue weighted by Gasteiger charge is 2.17. The quantitative estimate of drug-likeness (QED) is 0.136. The lowest BCUT2D eigenvalue weighted by Crippen LogP contribution is -2.09. The summed E-state index contributed by atoms with van der Waals surface area (Å²) in [6.45, 7) is 0. The molecule has 0 spiro atoms. The molecule has 0 aliphatic rings. The van der Waals surface area contributed by atoms with Gasteiger partial charge < -0.3 is 13.9 Å². The minimum absolute atomic E-state index is 0.876. The molecular weight excluding hydrogens is 909 g/mol. The van der Waals surface area contributed by atoms with Crippen LogP contribution in [-0.2, 0) is 0 Å². The summed E-state index contributed by atoms with van der Waals surface area (Å²) in [6, 6.07) is 105. The van der Waals surface area contributed by atoms with Crippen LogP contribution in [0.5, 0.6) is 0 Å². The molecule has 75 heavy (non-hydrogen) atoms. The van der Waals surface area contributed by atoms with Crippen molar-refractivity contribution < 1.29 is 4.42 Å². The second-order valence-corrected chi connectivity index (χ2v) is 19.3. The normalized spacial score (nSPS) is 11.5. The molecule has 2 aromatic heterocycles. The summed E-state index contributed by atoms with van der Waals surface area (Å²) in [5.41, 5.74) is 22.7. The summed E-state index contributed by atoms with van der Waals surface area (Å²) in [6.07, 6.45) is 0. The van der Waals surface area contributed by atoms with Crippen LogP contribution >= 0.6 is 0 Å². The van der Waals surface area contributed by atoms with E-state index in [9.17, 15) is 0 Å². The highest BCUT2D eigenvalue weighted by molar-refractivity contribution is 6.10. The molecule has 0 unspecified atom stereocenters. The van der Waals surface area contributed by atoms with Gasteiger partial charge in [-0.2, -0.15) is 0 Å². The Morgan fingerprint density at radius 3 is 0.880 bits per heavy atom. The van der Waals surface area contributed by atoms with Crippen molar-refractivity contribution in [3.8, 4) is 72.4 Å². The maximum absolute atomic E-state index is 6.44. The smallest absolute Gasteiger partial charge is 0.135 e. The van der Waals surface area contributed by atoms with Crippen molar-refractivity contribution in [2.75, 3.05) is 4.90 Å². The van der Waals surface area contributed by atoms with Crippen molar-refractivity contribution in [3.63, 3.8) is 0 Å². The molecule has 0 bridgehead atoms. The fourth-order valence-corrected chi connectivity index (χ4v) is 11.0. The molecule has 0 saturated carbocycles. The van der Waals surface area contributed by atoms with Crippen molar-refractivity contribution in [3.05, 3.63) is 291 Å². The van der Waals surface area contributed by atoms with E-state index in [2.05, 4.69) is 301 Å². The molecule has 3 heteroatoms. The van der Waals surface area contributed by atoms with Gasteiger partial charge in [-0.25, -0.2) is 0 Å². The minimum Gasteiger partial charge on any atom is -0.456 e. The lowest BCUT2D eigenvalue weighted by Gasteiger charge is -2.26. The maximum atomic E-state index is 6.44. The first-order valence-corrected chi connectivity index (χ1v) is 25.6. The van der Waals surface area contributed by atoms with E-state index in [-0.39, 0.29) is 0 Å². The van der Waals surface area contributed by atoms with Crippen LogP contribution in [0.1, 0.15) is 0 Å². The molecule has 14 aromatic rings. The third-order valence-corrected chi connectivity index (χ3v) is 14.9. The fraction of sp³-hybridized carbons (Fsp3) is 0. The Hall–Kier alpha value is -9.96. The molecule has 0 aliphatic carbocycles. The SMILES string of the molecule is c1ccc(-c2ccc(-c3ccc(N(c4ccc(-c5ccc(-c6ccccc6)cc5)cc4)c4ccc(-c5ccc6oc7ccc(-c8ccc(-n9c%10ccccc%10c%10ccccc%109)cc8)cc7c6c5)cc4)cc3)cc2)cc1. The number of aromatic nitrogens is 1. The Balaban J connectivity index is 0.771. The van der Waals surface area contributed by atoms with Gasteiger partial charge in [-0.15, -0.1) is 0 Å². The van der Waals surface area contributed by atoms with Gasteiger partial charge in [-0.3, -0.25) is 0 Å². The van der Waals surface area contributed by atoms with Crippen molar-refractivity contribution in [2.45, 2.75) is 0 Å². The summed E-state index contributed by atoms with van der Waals surface area (Å²) in [5.74, 6) is 0. The van der Waals surface area contributed by atoms with Crippen LogP contribution < -0.4 is 4.90 Å². The Morgan fingerprint density at radius 1 is 0.227 bits per heavy atom. The lowest BCUT2D eigenvalue weighted by molar-refractivity contribution is 0.669. The van der Waals surface area contributed by atoms with Crippen LogP contribution in [0.15, 0.2) is 296 Å².